The molecule has 8 nitrogen and oxygen atoms in total. The van der Waals surface area contributed by atoms with E-state index in [1.807, 2.05) is 32.0 Å². The SMILES string of the molecule is CCOc1ccc(CCNC(=O)C2CCC3(CC2)NC(=O)NC3=O)cc1OCC. The lowest BCUT2D eigenvalue weighted by molar-refractivity contribution is -0.130. The molecule has 4 amide bonds. The summed E-state index contributed by atoms with van der Waals surface area (Å²) in [4.78, 5) is 35.9. The summed E-state index contributed by atoms with van der Waals surface area (Å²) in [5, 5.41) is 8.00. The lowest BCUT2D eigenvalue weighted by Crippen LogP contribution is -2.50. The van der Waals surface area contributed by atoms with Gasteiger partial charge in [-0.15, -0.1) is 0 Å². The summed E-state index contributed by atoms with van der Waals surface area (Å²) in [7, 11) is 0. The van der Waals surface area contributed by atoms with Gasteiger partial charge in [-0.05, 0) is 63.6 Å². The molecule has 1 aliphatic carbocycles. The molecule has 8 heteroatoms. The van der Waals surface area contributed by atoms with E-state index in [4.69, 9.17) is 9.47 Å². The van der Waals surface area contributed by atoms with Crippen molar-refractivity contribution < 1.29 is 23.9 Å². The lowest BCUT2D eigenvalue weighted by atomic mass is 9.76. The zero-order valence-corrected chi connectivity index (χ0v) is 17.0. The van der Waals surface area contributed by atoms with Crippen LogP contribution in [0, 0.1) is 5.92 Å². The van der Waals surface area contributed by atoms with Gasteiger partial charge in [-0.25, -0.2) is 4.79 Å². The monoisotopic (exact) mass is 403 g/mol. The Hall–Kier alpha value is -2.77. The molecule has 0 aromatic heterocycles. The smallest absolute Gasteiger partial charge is 0.322 e. The van der Waals surface area contributed by atoms with Gasteiger partial charge in [0.2, 0.25) is 5.91 Å². The van der Waals surface area contributed by atoms with E-state index in [1.165, 1.54) is 0 Å². The topological polar surface area (TPSA) is 106 Å². The van der Waals surface area contributed by atoms with Gasteiger partial charge in [0.05, 0.1) is 13.2 Å². The van der Waals surface area contributed by atoms with Crippen LogP contribution in [0.5, 0.6) is 11.5 Å². The molecule has 1 aromatic rings. The summed E-state index contributed by atoms with van der Waals surface area (Å²) in [6.45, 7) is 5.51. The molecular weight excluding hydrogens is 374 g/mol. The molecule has 29 heavy (non-hydrogen) atoms. The summed E-state index contributed by atoms with van der Waals surface area (Å²) >= 11 is 0. The van der Waals surface area contributed by atoms with Crippen molar-refractivity contribution in [2.24, 2.45) is 5.92 Å². The normalized spacial score (nSPS) is 23.4. The van der Waals surface area contributed by atoms with E-state index in [0.29, 0.717) is 57.6 Å². The van der Waals surface area contributed by atoms with Gasteiger partial charge in [-0.1, -0.05) is 6.07 Å². The number of ether oxygens (including phenoxy) is 2. The third kappa shape index (κ3) is 4.81. The summed E-state index contributed by atoms with van der Waals surface area (Å²) < 4.78 is 11.2. The molecule has 158 valence electrons. The molecule has 2 fully saturated rings. The van der Waals surface area contributed by atoms with E-state index >= 15 is 0 Å². The van der Waals surface area contributed by atoms with Crippen molar-refractivity contribution >= 4 is 17.8 Å². The number of benzene rings is 1. The summed E-state index contributed by atoms with van der Waals surface area (Å²) in [6.07, 6.45) is 2.82. The van der Waals surface area contributed by atoms with Crippen LogP contribution in [0.3, 0.4) is 0 Å². The molecule has 0 radical (unpaired) electrons. The van der Waals surface area contributed by atoms with Crippen molar-refractivity contribution in [1.29, 1.82) is 0 Å². The van der Waals surface area contributed by atoms with Crippen LogP contribution in [0.15, 0.2) is 18.2 Å². The number of carbonyl (C=O) groups excluding carboxylic acids is 3. The molecule has 0 bridgehead atoms. The molecule has 0 unspecified atom stereocenters. The summed E-state index contributed by atoms with van der Waals surface area (Å²) in [5.41, 5.74) is 0.233. The molecule has 1 aromatic carbocycles. The van der Waals surface area contributed by atoms with Crippen LogP contribution < -0.4 is 25.4 Å². The molecular formula is C21H29N3O5. The first-order chi connectivity index (χ1) is 14.0. The van der Waals surface area contributed by atoms with Crippen LogP contribution in [0.25, 0.3) is 0 Å². The fraction of sp³-hybridized carbons (Fsp3) is 0.571. The quantitative estimate of drug-likeness (QED) is 0.575. The molecule has 1 aliphatic heterocycles. The van der Waals surface area contributed by atoms with Gasteiger partial charge in [0.25, 0.3) is 5.91 Å². The van der Waals surface area contributed by atoms with Gasteiger partial charge in [0, 0.05) is 12.5 Å². The van der Waals surface area contributed by atoms with E-state index in [1.54, 1.807) is 0 Å². The minimum absolute atomic E-state index is 0.000509. The Morgan fingerprint density at radius 1 is 1.14 bits per heavy atom. The molecule has 1 heterocycles. The van der Waals surface area contributed by atoms with E-state index in [9.17, 15) is 14.4 Å². The second-order valence-corrected chi connectivity index (χ2v) is 7.45. The Bertz CT molecular complexity index is 772. The van der Waals surface area contributed by atoms with Gasteiger partial charge < -0.3 is 20.1 Å². The molecule has 1 saturated heterocycles. The highest BCUT2D eigenvalue weighted by molar-refractivity contribution is 6.07. The molecule has 1 spiro atoms. The Labute approximate surface area is 170 Å². The minimum Gasteiger partial charge on any atom is -0.490 e. The van der Waals surface area contributed by atoms with Crippen molar-refractivity contribution in [3.05, 3.63) is 23.8 Å². The number of amides is 4. The average molecular weight is 403 g/mol. The highest BCUT2D eigenvalue weighted by atomic mass is 16.5. The number of hydrogen-bond acceptors (Lipinski definition) is 5. The van der Waals surface area contributed by atoms with E-state index < -0.39 is 11.6 Å². The van der Waals surface area contributed by atoms with Crippen LogP contribution in [0.1, 0.15) is 45.1 Å². The number of nitrogens with one attached hydrogen (secondary N) is 3. The van der Waals surface area contributed by atoms with Crippen molar-refractivity contribution in [3.63, 3.8) is 0 Å². The van der Waals surface area contributed by atoms with Crippen molar-refractivity contribution in [2.75, 3.05) is 19.8 Å². The fourth-order valence-corrected chi connectivity index (χ4v) is 3.98. The molecule has 3 rings (SSSR count). The maximum atomic E-state index is 12.5. The van der Waals surface area contributed by atoms with Crippen LogP contribution in [-0.2, 0) is 16.0 Å². The Morgan fingerprint density at radius 3 is 2.45 bits per heavy atom. The van der Waals surface area contributed by atoms with Crippen LogP contribution >= 0.6 is 0 Å². The number of carbonyl (C=O) groups is 3. The Kier molecular flexibility index (Phi) is 6.61. The van der Waals surface area contributed by atoms with Crippen molar-refractivity contribution in [3.8, 4) is 11.5 Å². The zero-order valence-electron chi connectivity index (χ0n) is 17.0. The lowest BCUT2D eigenvalue weighted by Gasteiger charge is -2.33. The van der Waals surface area contributed by atoms with Gasteiger partial charge in [-0.2, -0.15) is 0 Å². The van der Waals surface area contributed by atoms with E-state index in [2.05, 4.69) is 16.0 Å². The zero-order chi connectivity index (χ0) is 20.9. The van der Waals surface area contributed by atoms with Gasteiger partial charge in [-0.3, -0.25) is 14.9 Å². The standard InChI is InChI=1S/C21H29N3O5/c1-3-28-16-6-5-14(13-17(16)29-4-2)9-12-22-18(25)15-7-10-21(11-8-15)19(26)23-20(27)24-21/h5-6,13,15H,3-4,7-12H2,1-2H3,(H,22,25)(H2,23,24,26,27). The highest BCUT2D eigenvalue weighted by Gasteiger charge is 2.48. The predicted octanol–water partition coefficient (Wildman–Crippen LogP) is 1.91. The van der Waals surface area contributed by atoms with E-state index in [-0.39, 0.29) is 17.7 Å². The molecule has 3 N–H and O–H groups in total. The maximum absolute atomic E-state index is 12.5. The van der Waals surface area contributed by atoms with Crippen molar-refractivity contribution in [1.82, 2.24) is 16.0 Å². The minimum atomic E-state index is -0.828. The molecule has 0 atom stereocenters. The van der Waals surface area contributed by atoms with Crippen LogP contribution in [-0.4, -0.2) is 43.1 Å². The second-order valence-electron chi connectivity index (χ2n) is 7.45. The van der Waals surface area contributed by atoms with Gasteiger partial charge >= 0.3 is 6.03 Å². The Balaban J connectivity index is 1.47. The first-order valence-corrected chi connectivity index (χ1v) is 10.3. The number of imide groups is 1. The summed E-state index contributed by atoms with van der Waals surface area (Å²) in [5.74, 6) is 1.03. The third-order valence-electron chi connectivity index (χ3n) is 5.55. The average Bonchev–Trinajstić information content (AvgIpc) is 2.97. The maximum Gasteiger partial charge on any atom is 0.322 e. The van der Waals surface area contributed by atoms with E-state index in [0.717, 1.165) is 11.3 Å². The Morgan fingerprint density at radius 2 is 1.83 bits per heavy atom. The largest absolute Gasteiger partial charge is 0.490 e. The second kappa shape index (κ2) is 9.15. The van der Waals surface area contributed by atoms with Gasteiger partial charge in [0.15, 0.2) is 11.5 Å². The molecule has 2 aliphatic rings. The number of hydrogen-bond donors (Lipinski definition) is 3. The highest BCUT2D eigenvalue weighted by Crippen LogP contribution is 2.34. The van der Waals surface area contributed by atoms with Crippen LogP contribution in [0.4, 0.5) is 4.79 Å². The number of urea groups is 1. The molecule has 1 saturated carbocycles. The predicted molar refractivity (Wildman–Crippen MR) is 107 cm³/mol. The van der Waals surface area contributed by atoms with Crippen molar-refractivity contribution in [2.45, 2.75) is 51.5 Å². The third-order valence-corrected chi connectivity index (χ3v) is 5.55. The fourth-order valence-electron chi connectivity index (χ4n) is 3.98. The summed E-state index contributed by atoms with van der Waals surface area (Å²) in [6, 6.07) is 5.38. The van der Waals surface area contributed by atoms with Crippen LogP contribution in [0.2, 0.25) is 0 Å². The van der Waals surface area contributed by atoms with Gasteiger partial charge in [0.1, 0.15) is 5.54 Å². The first kappa shape index (κ1) is 21.0. The number of rotatable bonds is 8. The first-order valence-electron chi connectivity index (χ1n) is 10.3.